The van der Waals surface area contributed by atoms with Gasteiger partial charge < -0.3 is 17.7 Å². The normalized spacial score (nSPS) is 4.57. The van der Waals surface area contributed by atoms with E-state index >= 15 is 0 Å². The Balaban J connectivity index is 0. The van der Waals surface area contributed by atoms with Gasteiger partial charge in [-0.25, -0.2) is 10.0 Å². The summed E-state index contributed by atoms with van der Waals surface area (Å²) < 4.78 is 0. The van der Waals surface area contributed by atoms with Crippen LogP contribution in [0.3, 0.4) is 0 Å². The minimum Gasteiger partial charge on any atom is -0.724 e. The molecule has 0 heterocycles. The van der Waals surface area contributed by atoms with E-state index in [0.717, 1.165) is 0 Å². The molecular weight excluding hydrogens is 107 g/mol. The summed E-state index contributed by atoms with van der Waals surface area (Å²) in [6.45, 7) is 0. The third-order valence-corrected chi connectivity index (χ3v) is 0.260. The predicted molar refractivity (Wildman–Crippen MR) is 22.8 cm³/mol. The van der Waals surface area contributed by atoms with Crippen LogP contribution >= 0.6 is 0 Å². The van der Waals surface area contributed by atoms with E-state index < -0.39 is 5.97 Å². The molecule has 0 aromatic carbocycles. The second-order valence-corrected chi connectivity index (χ2v) is 0.736. The summed E-state index contributed by atoms with van der Waals surface area (Å²) in [5, 5.41) is 9.47. The van der Waals surface area contributed by atoms with Gasteiger partial charge in [0.1, 0.15) is 0 Å². The van der Waals surface area contributed by atoms with E-state index in [1.807, 2.05) is 0 Å². The fourth-order valence-corrected chi connectivity index (χ4v) is 0.131. The van der Waals surface area contributed by atoms with Crippen LogP contribution in [0.5, 0.6) is 0 Å². The van der Waals surface area contributed by atoms with Crippen molar-refractivity contribution in [3.63, 3.8) is 0 Å². The summed E-state index contributed by atoms with van der Waals surface area (Å²) in [5.41, 5.74) is 0. The first-order valence-corrected chi connectivity index (χ1v) is 1.54. The van der Waals surface area contributed by atoms with E-state index in [1.165, 1.54) is 0 Å². The number of aliphatic carboxylic acids is 1. The molecule has 32 valence electrons. The van der Waals surface area contributed by atoms with Crippen molar-refractivity contribution in [3.8, 4) is 11.2 Å². The molecule has 0 aromatic rings. The molecule has 2 nitrogen and oxygen atoms in total. The topological polar surface area (TPSA) is 37.3 Å². The van der Waals surface area contributed by atoms with Crippen LogP contribution in [0.4, 0.5) is 0 Å². The van der Waals surface area contributed by atoms with Crippen LogP contribution in [0.2, 0.25) is 0 Å². The van der Waals surface area contributed by atoms with Crippen molar-refractivity contribution >= 4 is 18.6 Å². The molecule has 7 heavy (non-hydrogen) atoms. The van der Waals surface area contributed by atoms with Crippen molar-refractivity contribution in [2.75, 3.05) is 0 Å². The third-order valence-electron chi connectivity index (χ3n) is 0.158. The summed E-state index contributed by atoms with van der Waals surface area (Å²) in [5.74, 6) is 0.514. The van der Waals surface area contributed by atoms with E-state index in [9.17, 15) is 4.79 Å². The molecule has 0 saturated heterocycles. The van der Waals surface area contributed by atoms with Crippen LogP contribution in [0.1, 0.15) is 0 Å². The first-order chi connectivity index (χ1) is 2.77. The molecule has 0 amide bonds. The Kier molecular flexibility index (Phi) is 8.32. The second kappa shape index (κ2) is 5.85. The van der Waals surface area contributed by atoms with Crippen molar-refractivity contribution in [2.45, 2.75) is 0 Å². The average Bonchev–Trinajstić information content (AvgIpc) is 1.35. The Morgan fingerprint density at radius 2 is 2.14 bits per heavy atom. The molecule has 0 aromatic heterocycles. The second-order valence-electron chi connectivity index (χ2n) is 0.532. The first kappa shape index (κ1) is 9.96. The van der Waals surface area contributed by atoms with E-state index in [-0.39, 0.29) is 18.9 Å². The van der Waals surface area contributed by atoms with Crippen LogP contribution in [0.25, 0.3) is 0 Å². The molecule has 0 saturated carbocycles. The van der Waals surface area contributed by atoms with Gasteiger partial charge in [-0.1, -0.05) is 0 Å². The molecule has 1 N–H and O–H groups in total. The van der Waals surface area contributed by atoms with Gasteiger partial charge >= 0.3 is 24.8 Å². The molecule has 0 aliphatic carbocycles. The van der Waals surface area contributed by atoms with Crippen molar-refractivity contribution in [1.29, 1.82) is 0 Å². The fourth-order valence-electron chi connectivity index (χ4n) is 0.0437. The molecule has 0 radical (unpaired) electrons. The van der Waals surface area contributed by atoms with Crippen LogP contribution in [0.15, 0.2) is 0 Å². The monoisotopic (exact) mass is 108 g/mol. The zero-order valence-corrected chi connectivity index (χ0v) is 4.58. The average molecular weight is 108 g/mol. The minimum absolute atomic E-state index is 0. The Hall–Kier alpha value is -0.153. The van der Waals surface area contributed by atoms with Gasteiger partial charge in [0.25, 0.3) is 0 Å². The molecule has 4 heteroatoms. The van der Waals surface area contributed by atoms with Gasteiger partial charge in [0.05, 0.1) is 0 Å². The van der Waals surface area contributed by atoms with Crippen molar-refractivity contribution in [3.05, 3.63) is 0 Å². The summed E-state index contributed by atoms with van der Waals surface area (Å²) in [6, 6.07) is 0. The molecule has 0 spiro atoms. The molecule has 0 aliphatic rings. The van der Waals surface area contributed by atoms with Crippen LogP contribution < -0.4 is 18.9 Å². The maximum Gasteiger partial charge on any atom is 1.00 e. The van der Waals surface area contributed by atoms with Gasteiger partial charge in [-0.2, -0.15) is 0 Å². The maximum absolute atomic E-state index is 9.36. The molecule has 0 fully saturated rings. The molecule has 0 atom stereocenters. The smallest absolute Gasteiger partial charge is 0.724 e. The quantitative estimate of drug-likeness (QED) is 0.199. The number of carboxylic acid groups (broad SMARTS) is 1. The maximum atomic E-state index is 9.36. The van der Waals surface area contributed by atoms with Gasteiger partial charge in [0, 0.05) is 0 Å². The minimum atomic E-state index is -1.18. The van der Waals surface area contributed by atoms with Crippen molar-refractivity contribution in [2.24, 2.45) is 0 Å². The Morgan fingerprint density at radius 1 is 1.71 bits per heavy atom. The largest absolute Gasteiger partial charge is 1.00 e. The molecule has 0 aliphatic heterocycles. The molecule has 0 bridgehead atoms. The van der Waals surface area contributed by atoms with Crippen molar-refractivity contribution in [1.82, 2.24) is 0 Å². The first-order valence-electron chi connectivity index (χ1n) is 1.13. The fraction of sp³-hybridized carbons (Fsp3) is 0. The van der Waals surface area contributed by atoms with Gasteiger partial charge in [0.2, 0.25) is 0 Å². The summed E-state index contributed by atoms with van der Waals surface area (Å²) in [6.07, 6.45) is 0. The SMILES string of the molecule is O=C(O)C#C[S-].[Li+]. The number of rotatable bonds is 0. The van der Waals surface area contributed by atoms with Crippen molar-refractivity contribution < 1.29 is 28.8 Å². The predicted octanol–water partition coefficient (Wildman–Crippen LogP) is -3.42. The summed E-state index contributed by atoms with van der Waals surface area (Å²) in [7, 11) is 0. The van der Waals surface area contributed by atoms with Crippen LogP contribution in [0, 0.1) is 11.2 Å². The van der Waals surface area contributed by atoms with E-state index in [1.54, 1.807) is 11.2 Å². The summed E-state index contributed by atoms with van der Waals surface area (Å²) in [4.78, 5) is 9.36. The van der Waals surface area contributed by atoms with Gasteiger partial charge in [-0.3, -0.25) is 0 Å². The van der Waals surface area contributed by atoms with E-state index in [2.05, 4.69) is 12.6 Å². The molecule has 0 unspecified atom stereocenters. The Morgan fingerprint density at radius 3 is 2.14 bits per heavy atom. The molecule has 0 rings (SSSR count). The van der Waals surface area contributed by atoms with E-state index in [4.69, 9.17) is 5.11 Å². The van der Waals surface area contributed by atoms with Gasteiger partial charge in [-0.05, 0) is 5.92 Å². The Labute approximate surface area is 58.9 Å². The number of hydrogen-bond acceptors (Lipinski definition) is 2. The summed E-state index contributed by atoms with van der Waals surface area (Å²) >= 11 is 3.99. The van der Waals surface area contributed by atoms with Gasteiger partial charge in [0.15, 0.2) is 0 Å². The van der Waals surface area contributed by atoms with Gasteiger partial charge in [-0.15, -0.1) is 0 Å². The van der Waals surface area contributed by atoms with Crippen LogP contribution in [-0.2, 0) is 17.4 Å². The number of hydrogen-bond donors (Lipinski definition) is 1. The number of carboxylic acids is 1. The third kappa shape index (κ3) is 10.7. The zero-order valence-electron chi connectivity index (χ0n) is 3.76. The number of carbonyl (C=O) groups is 1. The Bertz CT molecular complexity index is 112. The molecular formula is C3HLiO2S. The zero-order chi connectivity index (χ0) is 4.99. The van der Waals surface area contributed by atoms with Crippen LogP contribution in [-0.4, -0.2) is 11.1 Å². The van der Waals surface area contributed by atoms with E-state index in [0.29, 0.717) is 0 Å². The standard InChI is InChI=1S/C3H2O2S.Li/c4-3(5)1-2-6;/h6H,(H,4,5);/q;+1/p-1.